The Labute approximate surface area is 153 Å². The van der Waals surface area contributed by atoms with Gasteiger partial charge in [0.05, 0.1) is 5.52 Å². The molecule has 0 unspecified atom stereocenters. The molecule has 0 aliphatic rings. The van der Waals surface area contributed by atoms with Crippen molar-refractivity contribution in [3.8, 4) is 0 Å². The average molecular weight is 364 g/mol. The number of carbonyl (C=O) groups is 1. The second kappa shape index (κ2) is 7.01. The quantitative estimate of drug-likeness (QED) is 0.588. The largest absolute Gasteiger partial charge is 0.296 e. The number of aromatic nitrogens is 5. The molecule has 0 aliphatic heterocycles. The zero-order valence-corrected chi connectivity index (χ0v) is 14.9. The predicted molar refractivity (Wildman–Crippen MR) is 100 cm³/mol. The van der Waals surface area contributed by atoms with Crippen LogP contribution < -0.4 is 5.32 Å². The van der Waals surface area contributed by atoms with Gasteiger partial charge in [-0.05, 0) is 30.7 Å². The van der Waals surface area contributed by atoms with E-state index < -0.39 is 0 Å². The van der Waals surface area contributed by atoms with Crippen molar-refractivity contribution in [3.63, 3.8) is 0 Å². The highest BCUT2D eigenvalue weighted by Crippen LogP contribution is 2.20. The molecule has 4 rings (SSSR count). The van der Waals surface area contributed by atoms with Crippen molar-refractivity contribution in [2.75, 3.05) is 5.32 Å². The minimum Gasteiger partial charge on any atom is -0.296 e. The Bertz CT molecular complexity index is 1060. The van der Waals surface area contributed by atoms with E-state index in [1.54, 1.807) is 16.8 Å². The zero-order valence-electron chi connectivity index (χ0n) is 14.1. The topological polar surface area (TPSA) is 85.6 Å². The Morgan fingerprint density at radius 1 is 1.12 bits per heavy atom. The molecule has 2 heterocycles. The summed E-state index contributed by atoms with van der Waals surface area (Å²) in [4.78, 5) is 12.5. The molecular formula is C18H16N6OS. The van der Waals surface area contributed by atoms with Gasteiger partial charge in [0.2, 0.25) is 5.13 Å². The van der Waals surface area contributed by atoms with Gasteiger partial charge in [0.25, 0.3) is 5.91 Å². The summed E-state index contributed by atoms with van der Waals surface area (Å²) in [5.41, 5.74) is 3.28. The zero-order chi connectivity index (χ0) is 17.9. The first kappa shape index (κ1) is 16.3. The Hall–Kier alpha value is -3.13. The van der Waals surface area contributed by atoms with Crippen molar-refractivity contribution in [2.24, 2.45) is 0 Å². The van der Waals surface area contributed by atoms with E-state index in [-0.39, 0.29) is 5.91 Å². The molecule has 8 heteroatoms. The van der Waals surface area contributed by atoms with Gasteiger partial charge < -0.3 is 0 Å². The molecule has 0 bridgehead atoms. The summed E-state index contributed by atoms with van der Waals surface area (Å²) < 4.78 is 1.79. The minimum absolute atomic E-state index is 0.236. The molecule has 0 aliphatic carbocycles. The molecule has 2 aromatic carbocycles. The molecule has 0 radical (unpaired) electrons. The van der Waals surface area contributed by atoms with Crippen molar-refractivity contribution in [1.82, 2.24) is 25.2 Å². The lowest BCUT2D eigenvalue weighted by Gasteiger charge is -2.01. The van der Waals surface area contributed by atoms with Crippen LogP contribution in [0, 0.1) is 0 Å². The normalized spacial score (nSPS) is 11.0. The molecule has 4 aromatic rings. The van der Waals surface area contributed by atoms with Gasteiger partial charge in [-0.15, -0.1) is 15.3 Å². The van der Waals surface area contributed by atoms with E-state index in [0.717, 1.165) is 22.6 Å². The monoisotopic (exact) mass is 364 g/mol. The Morgan fingerprint density at radius 3 is 2.77 bits per heavy atom. The molecule has 1 amide bonds. The van der Waals surface area contributed by atoms with E-state index >= 15 is 0 Å². The lowest BCUT2D eigenvalue weighted by Crippen LogP contribution is -2.11. The molecule has 130 valence electrons. The van der Waals surface area contributed by atoms with Gasteiger partial charge in [0.1, 0.15) is 10.5 Å². The van der Waals surface area contributed by atoms with Crippen molar-refractivity contribution >= 4 is 33.4 Å². The molecule has 7 nitrogen and oxygen atoms in total. The summed E-state index contributed by atoms with van der Waals surface area (Å²) in [6.07, 6.45) is 0.695. The highest BCUT2D eigenvalue weighted by atomic mass is 32.1. The lowest BCUT2D eigenvalue weighted by atomic mass is 10.2. The highest BCUT2D eigenvalue weighted by molar-refractivity contribution is 7.15. The van der Waals surface area contributed by atoms with Crippen molar-refractivity contribution in [1.29, 1.82) is 0 Å². The van der Waals surface area contributed by atoms with Crippen molar-refractivity contribution < 1.29 is 4.79 Å². The van der Waals surface area contributed by atoms with Crippen LogP contribution in [0.2, 0.25) is 0 Å². The fraction of sp³-hybridized carbons (Fsp3) is 0.167. The molecule has 0 atom stereocenters. The average Bonchev–Trinajstić information content (AvgIpc) is 3.28. The first-order valence-corrected chi connectivity index (χ1v) is 9.05. The number of anilines is 1. The van der Waals surface area contributed by atoms with E-state index in [0.29, 0.717) is 22.6 Å². The third kappa shape index (κ3) is 3.31. The highest BCUT2D eigenvalue weighted by Gasteiger charge is 2.13. The van der Waals surface area contributed by atoms with Crippen LogP contribution in [-0.2, 0) is 13.0 Å². The summed E-state index contributed by atoms with van der Waals surface area (Å²) in [6.45, 7) is 2.73. The van der Waals surface area contributed by atoms with Gasteiger partial charge in [0.15, 0.2) is 0 Å². The maximum absolute atomic E-state index is 12.5. The first-order chi connectivity index (χ1) is 12.7. The number of carbonyl (C=O) groups excluding carboxylic acids is 1. The van der Waals surface area contributed by atoms with Crippen molar-refractivity contribution in [2.45, 2.75) is 19.9 Å². The maximum atomic E-state index is 12.5. The fourth-order valence-corrected chi connectivity index (χ4v) is 3.43. The van der Waals surface area contributed by atoms with Crippen LogP contribution in [0.3, 0.4) is 0 Å². The van der Waals surface area contributed by atoms with E-state index in [1.807, 2.05) is 43.3 Å². The summed E-state index contributed by atoms with van der Waals surface area (Å²) in [5.74, 6) is -0.236. The van der Waals surface area contributed by atoms with Crippen LogP contribution in [-0.4, -0.2) is 31.1 Å². The standard InChI is InChI=1S/C18H16N6OS/c1-2-24-15-9-8-13(11-14(15)20-23-24)17(25)19-18-22-21-16(26-18)10-12-6-4-3-5-7-12/h3-9,11H,2,10H2,1H3,(H,19,22,25). The van der Waals surface area contributed by atoms with Crippen LogP contribution >= 0.6 is 11.3 Å². The predicted octanol–water partition coefficient (Wildman–Crippen LogP) is 3.15. The number of aryl methyl sites for hydroxylation is 1. The number of nitrogens with one attached hydrogen (secondary N) is 1. The molecule has 1 N–H and O–H groups in total. The Kier molecular flexibility index (Phi) is 4.40. The molecule has 0 fully saturated rings. The molecule has 0 saturated heterocycles. The second-order valence-electron chi connectivity index (χ2n) is 5.73. The van der Waals surface area contributed by atoms with Crippen LogP contribution in [0.1, 0.15) is 27.9 Å². The SMILES string of the molecule is CCn1nnc2cc(C(=O)Nc3nnc(Cc4ccccc4)s3)ccc21. The summed E-state index contributed by atoms with van der Waals surface area (Å²) in [5, 5.41) is 20.5. The van der Waals surface area contributed by atoms with Gasteiger partial charge in [0, 0.05) is 18.5 Å². The number of hydrogen-bond donors (Lipinski definition) is 1. The first-order valence-electron chi connectivity index (χ1n) is 8.24. The number of amides is 1. The van der Waals surface area contributed by atoms with Crippen LogP contribution in [0.25, 0.3) is 11.0 Å². The third-order valence-corrected chi connectivity index (χ3v) is 4.80. The molecule has 0 saturated carbocycles. The van der Waals surface area contributed by atoms with Crippen LogP contribution in [0.5, 0.6) is 0 Å². The summed E-state index contributed by atoms with van der Waals surface area (Å²) >= 11 is 1.38. The maximum Gasteiger partial charge on any atom is 0.257 e. The van der Waals surface area contributed by atoms with Gasteiger partial charge in [-0.25, -0.2) is 4.68 Å². The van der Waals surface area contributed by atoms with E-state index in [1.165, 1.54) is 11.3 Å². The molecule has 0 spiro atoms. The van der Waals surface area contributed by atoms with Gasteiger partial charge >= 0.3 is 0 Å². The Balaban J connectivity index is 1.48. The van der Waals surface area contributed by atoms with Gasteiger partial charge in [-0.1, -0.05) is 46.9 Å². The Morgan fingerprint density at radius 2 is 1.96 bits per heavy atom. The van der Waals surface area contributed by atoms with E-state index in [2.05, 4.69) is 25.8 Å². The van der Waals surface area contributed by atoms with Gasteiger partial charge in [-0.2, -0.15) is 0 Å². The fourth-order valence-electron chi connectivity index (χ4n) is 2.66. The number of fused-ring (bicyclic) bond motifs is 1. The molecule has 2 aromatic heterocycles. The van der Waals surface area contributed by atoms with Crippen LogP contribution in [0.4, 0.5) is 5.13 Å². The smallest absolute Gasteiger partial charge is 0.257 e. The lowest BCUT2D eigenvalue weighted by molar-refractivity contribution is 0.102. The molecule has 26 heavy (non-hydrogen) atoms. The van der Waals surface area contributed by atoms with Crippen LogP contribution in [0.15, 0.2) is 48.5 Å². The summed E-state index contributed by atoms with van der Waals surface area (Å²) in [6, 6.07) is 15.4. The van der Waals surface area contributed by atoms with E-state index in [9.17, 15) is 4.79 Å². The number of rotatable bonds is 5. The summed E-state index contributed by atoms with van der Waals surface area (Å²) in [7, 11) is 0. The van der Waals surface area contributed by atoms with Crippen molar-refractivity contribution in [3.05, 3.63) is 64.7 Å². The minimum atomic E-state index is -0.236. The number of benzene rings is 2. The second-order valence-corrected chi connectivity index (χ2v) is 6.79. The molecular weight excluding hydrogens is 348 g/mol. The van der Waals surface area contributed by atoms with Gasteiger partial charge in [-0.3, -0.25) is 10.1 Å². The van der Waals surface area contributed by atoms with E-state index in [4.69, 9.17) is 0 Å². The third-order valence-electron chi connectivity index (χ3n) is 3.96. The number of hydrogen-bond acceptors (Lipinski definition) is 6. The number of nitrogens with zero attached hydrogens (tertiary/aromatic N) is 5.